The Morgan fingerprint density at radius 3 is 2.56 bits per heavy atom. The highest BCUT2D eigenvalue weighted by atomic mass is 16.5. The molecule has 4 atom stereocenters. The van der Waals surface area contributed by atoms with E-state index in [9.17, 15) is 4.79 Å². The van der Waals surface area contributed by atoms with Gasteiger partial charge in [-0.3, -0.25) is 0 Å². The second-order valence-electron chi connectivity index (χ2n) is 6.93. The molecule has 0 aliphatic carbocycles. The number of nitrogens with zero attached hydrogens (tertiary/aromatic N) is 3. The Labute approximate surface area is 146 Å². The zero-order valence-corrected chi connectivity index (χ0v) is 13.8. The summed E-state index contributed by atoms with van der Waals surface area (Å²) in [5.41, 5.74) is 1.86. The smallest absolute Gasteiger partial charge is 0.317 e. The molecule has 1 aromatic heterocycles. The molecule has 0 spiro atoms. The number of benzene rings is 1. The molecule has 6 heteroatoms. The van der Waals surface area contributed by atoms with Crippen molar-refractivity contribution in [2.45, 2.75) is 18.8 Å². The fourth-order valence-corrected chi connectivity index (χ4v) is 4.15. The number of likely N-dealkylation sites (tertiary alicyclic amines) is 1. The van der Waals surface area contributed by atoms with Crippen LogP contribution >= 0.6 is 0 Å². The fraction of sp³-hybridized carbons (Fsp3) is 0.368. The third-order valence-corrected chi connectivity index (χ3v) is 5.43. The Balaban J connectivity index is 1.19. The molecule has 3 aliphatic rings. The molecule has 6 nitrogen and oxygen atoms in total. The molecule has 5 rings (SSSR count). The van der Waals surface area contributed by atoms with Crippen LogP contribution in [0.15, 0.2) is 54.7 Å². The number of fused-ring (bicyclic) bond motifs is 5. The van der Waals surface area contributed by atoms with Crippen molar-refractivity contribution in [1.82, 2.24) is 20.0 Å². The summed E-state index contributed by atoms with van der Waals surface area (Å²) in [6, 6.07) is 11.9. The van der Waals surface area contributed by atoms with E-state index in [4.69, 9.17) is 4.74 Å². The van der Waals surface area contributed by atoms with Crippen LogP contribution in [0.2, 0.25) is 0 Å². The number of rotatable bonds is 3. The van der Waals surface area contributed by atoms with Gasteiger partial charge in [-0.25, -0.2) is 9.48 Å². The van der Waals surface area contributed by atoms with Gasteiger partial charge < -0.3 is 15.0 Å². The average molecular weight is 336 g/mol. The number of hydrogen-bond donors (Lipinski definition) is 1. The van der Waals surface area contributed by atoms with Gasteiger partial charge in [0.1, 0.15) is 0 Å². The van der Waals surface area contributed by atoms with Crippen LogP contribution in [0, 0.1) is 11.8 Å². The summed E-state index contributed by atoms with van der Waals surface area (Å²) in [5, 5.41) is 7.52. The number of amides is 2. The van der Waals surface area contributed by atoms with Crippen LogP contribution in [0.1, 0.15) is 5.69 Å². The molecule has 0 saturated carbocycles. The lowest BCUT2D eigenvalue weighted by Crippen LogP contribution is -2.39. The van der Waals surface area contributed by atoms with Crippen LogP contribution in [0.25, 0.3) is 5.69 Å². The quantitative estimate of drug-likeness (QED) is 0.872. The number of hydrogen-bond acceptors (Lipinski definition) is 3. The predicted octanol–water partition coefficient (Wildman–Crippen LogP) is 1.97. The van der Waals surface area contributed by atoms with E-state index in [0.29, 0.717) is 18.4 Å². The number of urea groups is 1. The predicted molar refractivity (Wildman–Crippen MR) is 92.2 cm³/mol. The van der Waals surface area contributed by atoms with Crippen LogP contribution in [-0.4, -0.2) is 46.0 Å². The third-order valence-electron chi connectivity index (χ3n) is 5.43. The van der Waals surface area contributed by atoms with Crippen LogP contribution in [0.5, 0.6) is 0 Å². The highest BCUT2D eigenvalue weighted by Gasteiger charge is 2.51. The Bertz CT molecular complexity index is 796. The lowest BCUT2D eigenvalue weighted by Gasteiger charge is -2.19. The summed E-state index contributed by atoms with van der Waals surface area (Å²) >= 11 is 0. The van der Waals surface area contributed by atoms with E-state index in [1.807, 2.05) is 52.2 Å². The highest BCUT2D eigenvalue weighted by molar-refractivity contribution is 5.74. The minimum Gasteiger partial charge on any atom is -0.366 e. The second-order valence-corrected chi connectivity index (χ2v) is 6.93. The molecule has 2 aromatic rings. The highest BCUT2D eigenvalue weighted by Crippen LogP contribution is 2.43. The number of ether oxygens (including phenoxy) is 1. The monoisotopic (exact) mass is 336 g/mol. The van der Waals surface area contributed by atoms with Crippen LogP contribution in [0.3, 0.4) is 0 Å². The molecule has 2 bridgehead atoms. The van der Waals surface area contributed by atoms with Crippen molar-refractivity contribution in [3.8, 4) is 5.69 Å². The zero-order chi connectivity index (χ0) is 16.8. The number of aromatic nitrogens is 2. The van der Waals surface area contributed by atoms with E-state index in [1.54, 1.807) is 0 Å². The normalized spacial score (nSPS) is 29.2. The lowest BCUT2D eigenvalue weighted by molar-refractivity contribution is 0.0882. The Hall–Kier alpha value is -2.60. The van der Waals surface area contributed by atoms with Crippen molar-refractivity contribution in [3.63, 3.8) is 0 Å². The molecule has 25 heavy (non-hydrogen) atoms. The molecular formula is C19H20N4O2. The lowest BCUT2D eigenvalue weighted by atomic mass is 9.86. The van der Waals surface area contributed by atoms with E-state index in [-0.39, 0.29) is 18.2 Å². The maximum atomic E-state index is 12.5. The molecular weight excluding hydrogens is 316 g/mol. The van der Waals surface area contributed by atoms with Gasteiger partial charge in [0.05, 0.1) is 30.1 Å². The maximum Gasteiger partial charge on any atom is 0.317 e. The number of carbonyl (C=O) groups is 1. The van der Waals surface area contributed by atoms with Crippen molar-refractivity contribution in [1.29, 1.82) is 0 Å². The van der Waals surface area contributed by atoms with Crippen molar-refractivity contribution in [3.05, 3.63) is 60.4 Å². The molecule has 2 fully saturated rings. The average Bonchev–Trinajstić information content (AvgIpc) is 3.42. The fourth-order valence-electron chi connectivity index (χ4n) is 4.15. The zero-order valence-electron chi connectivity index (χ0n) is 13.8. The van der Waals surface area contributed by atoms with E-state index >= 15 is 0 Å². The summed E-state index contributed by atoms with van der Waals surface area (Å²) in [4.78, 5) is 14.4. The molecule has 2 saturated heterocycles. The van der Waals surface area contributed by atoms with Crippen LogP contribution < -0.4 is 5.32 Å². The van der Waals surface area contributed by atoms with Crippen LogP contribution in [0.4, 0.5) is 4.79 Å². The second kappa shape index (κ2) is 5.74. The Morgan fingerprint density at radius 2 is 1.84 bits per heavy atom. The largest absolute Gasteiger partial charge is 0.366 e. The summed E-state index contributed by atoms with van der Waals surface area (Å²) in [6.07, 6.45) is 6.61. The summed E-state index contributed by atoms with van der Waals surface area (Å²) in [6.45, 7) is 1.99. The molecule has 3 aliphatic heterocycles. The van der Waals surface area contributed by atoms with Crippen LogP contribution in [-0.2, 0) is 11.3 Å². The first-order chi connectivity index (χ1) is 12.3. The van der Waals surface area contributed by atoms with Crippen molar-refractivity contribution >= 4 is 6.03 Å². The van der Waals surface area contributed by atoms with E-state index in [1.165, 1.54) is 0 Å². The van der Waals surface area contributed by atoms with Gasteiger partial charge in [0, 0.05) is 31.1 Å². The first kappa shape index (κ1) is 14.7. The molecule has 4 unspecified atom stereocenters. The van der Waals surface area contributed by atoms with E-state index in [0.717, 1.165) is 24.5 Å². The first-order valence-corrected chi connectivity index (χ1v) is 8.74. The van der Waals surface area contributed by atoms with Gasteiger partial charge in [0.2, 0.25) is 0 Å². The van der Waals surface area contributed by atoms with Gasteiger partial charge >= 0.3 is 6.03 Å². The molecule has 4 heterocycles. The van der Waals surface area contributed by atoms with Gasteiger partial charge in [0.25, 0.3) is 0 Å². The number of para-hydroxylation sites is 1. The first-order valence-electron chi connectivity index (χ1n) is 8.74. The molecule has 1 N–H and O–H groups in total. The Kier molecular flexibility index (Phi) is 3.38. The van der Waals surface area contributed by atoms with E-state index < -0.39 is 0 Å². The number of carbonyl (C=O) groups excluding carboxylic acids is 1. The molecule has 1 aromatic carbocycles. The van der Waals surface area contributed by atoms with Crippen molar-refractivity contribution < 1.29 is 9.53 Å². The van der Waals surface area contributed by atoms with Gasteiger partial charge in [-0.15, -0.1) is 0 Å². The minimum atomic E-state index is -0.0111. The van der Waals surface area contributed by atoms with Crippen molar-refractivity contribution in [2.24, 2.45) is 11.8 Å². The standard InChI is InChI=1S/C19H20N4O2/c24-19(22-11-15-16(12-22)18-7-6-17(15)25-18)20-10-13-8-9-23(21-13)14-4-2-1-3-5-14/h1-9,15-18H,10-12H2,(H,20,24). The summed E-state index contributed by atoms with van der Waals surface area (Å²) in [7, 11) is 0. The third kappa shape index (κ3) is 2.53. The van der Waals surface area contributed by atoms with Gasteiger partial charge in [-0.2, -0.15) is 5.10 Å². The molecule has 2 amide bonds. The van der Waals surface area contributed by atoms with E-state index in [2.05, 4.69) is 22.6 Å². The SMILES string of the molecule is O=C(NCc1ccn(-c2ccccc2)n1)N1CC2C3C=CC(O3)C2C1. The molecule has 128 valence electrons. The van der Waals surface area contributed by atoms with Gasteiger partial charge in [0.15, 0.2) is 0 Å². The molecule has 0 radical (unpaired) electrons. The van der Waals surface area contributed by atoms with Gasteiger partial charge in [-0.1, -0.05) is 30.4 Å². The Morgan fingerprint density at radius 1 is 1.12 bits per heavy atom. The topological polar surface area (TPSA) is 59.4 Å². The maximum absolute atomic E-state index is 12.5. The van der Waals surface area contributed by atoms with Crippen molar-refractivity contribution in [2.75, 3.05) is 13.1 Å². The summed E-state index contributed by atoms with van der Waals surface area (Å²) in [5.74, 6) is 0.913. The summed E-state index contributed by atoms with van der Waals surface area (Å²) < 4.78 is 7.68. The number of nitrogens with one attached hydrogen (secondary N) is 1. The van der Waals surface area contributed by atoms with Gasteiger partial charge in [-0.05, 0) is 18.2 Å². The minimum absolute atomic E-state index is 0.0111.